The second-order valence-electron chi connectivity index (χ2n) is 4.92. The number of imidazole rings is 1. The number of hydrogen-bond acceptors (Lipinski definition) is 9. The van der Waals surface area contributed by atoms with Gasteiger partial charge in [-0.3, -0.25) is 9.55 Å². The average Bonchev–Trinajstić information content (AvgIpc) is 3.01. The van der Waals surface area contributed by atoms with Crippen molar-refractivity contribution in [2.75, 3.05) is 12.3 Å². The van der Waals surface area contributed by atoms with Gasteiger partial charge in [-0.15, -0.1) is 0 Å². The van der Waals surface area contributed by atoms with Gasteiger partial charge >= 0.3 is 5.65 Å². The highest BCUT2D eigenvalue weighted by molar-refractivity contribution is 7.44. The molecule has 0 aromatic carbocycles. The Morgan fingerprint density at radius 3 is 2.96 bits per heavy atom. The number of ether oxygens (including phenoxy) is 1. The van der Waals surface area contributed by atoms with E-state index in [0.29, 0.717) is 11.2 Å². The smallest absolute Gasteiger partial charge is 0.309 e. The van der Waals surface area contributed by atoms with Crippen molar-refractivity contribution in [2.24, 2.45) is 0 Å². The zero-order chi connectivity index (χ0) is 16.8. The molecule has 0 bridgehead atoms. The van der Waals surface area contributed by atoms with Crippen LogP contribution in [-0.4, -0.2) is 55.0 Å². The van der Waals surface area contributed by atoms with Gasteiger partial charge in [0.25, 0.3) is 7.82 Å². The molecule has 0 saturated carbocycles. The third kappa shape index (κ3) is 2.93. The minimum atomic E-state index is -5.13. The number of nitrogens with two attached hydrogens (primary N) is 1. The maximum atomic E-state index is 10.9. The standard InChI is InChI=1S/C10H14N5O7P/c11-8-5-9(13-2-12-8)15(3-14-5)10-6(17)7(4(1-16)21-10)22-23(18,19)20/h2-4,6-7,10,16-17H,1H2,(H4,11,12,13,18,19,20). The second-order valence-corrected chi connectivity index (χ2v) is 6.06. The van der Waals surface area contributed by atoms with Crippen LogP contribution in [0.5, 0.6) is 0 Å². The summed E-state index contributed by atoms with van der Waals surface area (Å²) in [5.74, 6) is 0.173. The summed E-state index contributed by atoms with van der Waals surface area (Å²) in [6.45, 7) is -0.627. The number of aliphatic hydroxyl groups is 2. The predicted molar refractivity (Wildman–Crippen MR) is 70.2 cm³/mol. The molecule has 0 spiro atoms. The van der Waals surface area contributed by atoms with Crippen LogP contribution in [-0.2, 0) is 13.8 Å². The first-order valence-electron chi connectivity index (χ1n) is 6.47. The van der Waals surface area contributed by atoms with Gasteiger partial charge in [0.15, 0.2) is 18.5 Å². The van der Waals surface area contributed by atoms with E-state index >= 15 is 0 Å². The SMILES string of the molecule is Nc1ncnc2c1[nH]c[n+]2C1OC(CO)C(OP(=O)([O-])O)C1O. The van der Waals surface area contributed by atoms with Crippen molar-refractivity contribution in [3.63, 3.8) is 0 Å². The van der Waals surface area contributed by atoms with Crippen molar-refractivity contribution >= 4 is 24.8 Å². The van der Waals surface area contributed by atoms with Crippen molar-refractivity contribution < 1.29 is 38.4 Å². The van der Waals surface area contributed by atoms with Gasteiger partial charge in [0, 0.05) is 0 Å². The van der Waals surface area contributed by atoms with E-state index in [-0.39, 0.29) is 5.82 Å². The number of hydrogen-bond donors (Lipinski definition) is 5. The van der Waals surface area contributed by atoms with Crippen LogP contribution >= 0.6 is 7.82 Å². The van der Waals surface area contributed by atoms with Crippen LogP contribution in [0, 0.1) is 0 Å². The average molecular weight is 347 g/mol. The third-order valence-corrected chi connectivity index (χ3v) is 3.98. The molecular weight excluding hydrogens is 333 g/mol. The van der Waals surface area contributed by atoms with E-state index < -0.39 is 39.0 Å². The fourth-order valence-corrected chi connectivity index (χ4v) is 3.06. The molecule has 1 fully saturated rings. The van der Waals surface area contributed by atoms with Gasteiger partial charge in [0.2, 0.25) is 11.7 Å². The monoisotopic (exact) mass is 347 g/mol. The number of nitrogens with zero attached hydrogens (tertiary/aromatic N) is 3. The number of aromatic nitrogens is 4. The van der Waals surface area contributed by atoms with E-state index in [0.717, 1.165) is 0 Å². The van der Waals surface area contributed by atoms with Crippen LogP contribution in [0.15, 0.2) is 12.7 Å². The van der Waals surface area contributed by atoms with E-state index in [1.807, 2.05) is 0 Å². The molecule has 5 unspecified atom stereocenters. The summed E-state index contributed by atoms with van der Waals surface area (Å²) in [6.07, 6.45) is -2.65. The summed E-state index contributed by atoms with van der Waals surface area (Å²) < 4.78 is 22.1. The highest BCUT2D eigenvalue weighted by Crippen LogP contribution is 2.39. The number of nitrogen functional groups attached to an aromatic ring is 1. The Morgan fingerprint density at radius 1 is 1.57 bits per heavy atom. The number of aromatic amines is 1. The predicted octanol–water partition coefficient (Wildman–Crippen LogP) is -3.08. The molecule has 1 saturated heterocycles. The largest absolute Gasteiger partial charge is 0.756 e. The summed E-state index contributed by atoms with van der Waals surface area (Å²) in [5, 5.41) is 19.5. The van der Waals surface area contributed by atoms with Crippen LogP contribution in [0.4, 0.5) is 5.82 Å². The molecule has 0 aliphatic carbocycles. The summed E-state index contributed by atoms with van der Waals surface area (Å²) in [6, 6.07) is 0. The molecule has 12 nitrogen and oxygen atoms in total. The molecule has 0 amide bonds. The quantitative estimate of drug-likeness (QED) is 0.280. The van der Waals surface area contributed by atoms with Crippen molar-refractivity contribution in [3.05, 3.63) is 12.7 Å². The number of fused-ring (bicyclic) bond motifs is 1. The molecule has 3 rings (SSSR count). The number of H-pyrrole nitrogens is 1. The first kappa shape index (κ1) is 16.2. The maximum Gasteiger partial charge on any atom is 0.309 e. The fraction of sp³-hybridized carbons (Fsp3) is 0.500. The minimum absolute atomic E-state index is 0.173. The lowest BCUT2D eigenvalue weighted by molar-refractivity contribution is -0.745. The number of anilines is 1. The Hall–Kier alpha value is -1.66. The topological polar surface area (TPSA) is 191 Å². The number of aliphatic hydroxyl groups excluding tert-OH is 2. The van der Waals surface area contributed by atoms with Crippen LogP contribution < -0.4 is 15.2 Å². The van der Waals surface area contributed by atoms with Gasteiger partial charge in [-0.1, -0.05) is 4.98 Å². The molecule has 1 aliphatic rings. The number of nitrogens with one attached hydrogen (secondary N) is 1. The van der Waals surface area contributed by atoms with Gasteiger partial charge < -0.3 is 35.0 Å². The summed E-state index contributed by atoms with van der Waals surface area (Å²) >= 11 is 0. The summed E-state index contributed by atoms with van der Waals surface area (Å²) in [4.78, 5) is 30.3. The van der Waals surface area contributed by atoms with Gasteiger partial charge in [-0.05, 0) is 0 Å². The Balaban J connectivity index is 1.96. The van der Waals surface area contributed by atoms with E-state index in [4.69, 9.17) is 15.4 Å². The zero-order valence-electron chi connectivity index (χ0n) is 11.5. The fourth-order valence-electron chi connectivity index (χ4n) is 2.49. The van der Waals surface area contributed by atoms with Gasteiger partial charge in [0.05, 0.1) is 6.61 Å². The molecule has 6 N–H and O–H groups in total. The summed E-state index contributed by atoms with van der Waals surface area (Å²) in [5.41, 5.74) is 6.38. The molecule has 126 valence electrons. The van der Waals surface area contributed by atoms with Gasteiger partial charge in [0.1, 0.15) is 18.3 Å². The Morgan fingerprint density at radius 2 is 2.30 bits per heavy atom. The van der Waals surface area contributed by atoms with Crippen LogP contribution in [0.1, 0.15) is 6.23 Å². The van der Waals surface area contributed by atoms with Crippen molar-refractivity contribution in [3.8, 4) is 0 Å². The molecule has 13 heteroatoms. The lowest BCUT2D eigenvalue weighted by Crippen LogP contribution is -2.46. The van der Waals surface area contributed by atoms with Gasteiger partial charge in [-0.2, -0.15) is 4.98 Å². The molecular formula is C10H14N5O7P. The van der Waals surface area contributed by atoms with Crippen LogP contribution in [0.25, 0.3) is 11.2 Å². The highest BCUT2D eigenvalue weighted by Gasteiger charge is 2.49. The molecule has 3 heterocycles. The third-order valence-electron chi connectivity index (χ3n) is 3.47. The Bertz CT molecular complexity index is 763. The first-order chi connectivity index (χ1) is 10.8. The molecule has 0 radical (unpaired) electrons. The molecule has 23 heavy (non-hydrogen) atoms. The number of phosphoric ester groups is 1. The lowest BCUT2D eigenvalue weighted by atomic mass is 10.1. The molecule has 1 aliphatic heterocycles. The second kappa shape index (κ2) is 5.76. The lowest BCUT2D eigenvalue weighted by Gasteiger charge is -2.24. The van der Waals surface area contributed by atoms with Crippen LogP contribution in [0.2, 0.25) is 0 Å². The highest BCUT2D eigenvalue weighted by atomic mass is 31.2. The van der Waals surface area contributed by atoms with E-state index in [2.05, 4.69) is 19.5 Å². The molecule has 2 aromatic rings. The summed E-state index contributed by atoms with van der Waals surface area (Å²) in [7, 11) is -5.13. The first-order valence-corrected chi connectivity index (χ1v) is 7.96. The Labute approximate surface area is 128 Å². The van der Waals surface area contributed by atoms with Crippen molar-refractivity contribution in [1.29, 1.82) is 0 Å². The van der Waals surface area contributed by atoms with Crippen molar-refractivity contribution in [1.82, 2.24) is 15.0 Å². The van der Waals surface area contributed by atoms with Gasteiger partial charge in [-0.25, -0.2) is 4.57 Å². The molecule has 5 atom stereocenters. The normalized spacial score (nSPS) is 30.6. The van der Waals surface area contributed by atoms with Crippen molar-refractivity contribution in [2.45, 2.75) is 24.5 Å². The van der Waals surface area contributed by atoms with E-state index in [1.165, 1.54) is 17.2 Å². The van der Waals surface area contributed by atoms with E-state index in [1.54, 1.807) is 0 Å². The minimum Gasteiger partial charge on any atom is -0.756 e. The zero-order valence-corrected chi connectivity index (χ0v) is 12.4. The van der Waals surface area contributed by atoms with Crippen LogP contribution in [0.3, 0.4) is 0 Å². The number of rotatable bonds is 4. The number of phosphoric acid groups is 1. The molecule has 2 aromatic heterocycles. The maximum absolute atomic E-state index is 10.9. The Kier molecular flexibility index (Phi) is 4.06. The van der Waals surface area contributed by atoms with E-state index in [9.17, 15) is 19.7 Å².